The van der Waals surface area contributed by atoms with Crippen molar-refractivity contribution in [1.29, 1.82) is 0 Å². The maximum atomic E-state index is 12.8. The summed E-state index contributed by atoms with van der Waals surface area (Å²) in [4.78, 5) is 42.4. The highest BCUT2D eigenvalue weighted by molar-refractivity contribution is 8.01. The highest BCUT2D eigenvalue weighted by atomic mass is 32.2. The molecule has 0 saturated carbocycles. The van der Waals surface area contributed by atoms with E-state index in [0.29, 0.717) is 30.9 Å². The first-order valence-electron chi connectivity index (χ1n) is 10.5. The molecular weight excluding hydrogens is 460 g/mol. The van der Waals surface area contributed by atoms with Crippen LogP contribution in [0.5, 0.6) is 5.75 Å². The van der Waals surface area contributed by atoms with Gasteiger partial charge in [-0.2, -0.15) is 0 Å². The molecule has 0 bridgehead atoms. The molecule has 0 aliphatic carbocycles. The van der Waals surface area contributed by atoms with Gasteiger partial charge in [-0.15, -0.1) is 11.3 Å². The molecule has 174 valence electrons. The molecular formula is C23H26N4O4S2. The van der Waals surface area contributed by atoms with Crippen LogP contribution in [-0.2, 0) is 20.8 Å². The summed E-state index contributed by atoms with van der Waals surface area (Å²) < 4.78 is 1.69. The number of amides is 3. The van der Waals surface area contributed by atoms with Gasteiger partial charge in [0.05, 0.1) is 16.0 Å². The SMILES string of the molecule is CCN(CC)C(=O)CSc1nc2ccc(NC(=O)C(Cc3ccc(O)cc3)NC=O)cc2s1. The lowest BCUT2D eigenvalue weighted by molar-refractivity contribution is -0.128. The van der Waals surface area contributed by atoms with E-state index in [1.165, 1.54) is 35.2 Å². The molecule has 8 nitrogen and oxygen atoms in total. The molecule has 1 heterocycles. The lowest BCUT2D eigenvalue weighted by Gasteiger charge is -2.17. The van der Waals surface area contributed by atoms with E-state index in [1.807, 2.05) is 26.0 Å². The summed E-state index contributed by atoms with van der Waals surface area (Å²) in [5.74, 6) is 0.204. The molecule has 0 spiro atoms. The first-order valence-corrected chi connectivity index (χ1v) is 12.3. The largest absolute Gasteiger partial charge is 0.508 e. The number of nitrogens with one attached hydrogen (secondary N) is 2. The zero-order valence-corrected chi connectivity index (χ0v) is 20.0. The summed E-state index contributed by atoms with van der Waals surface area (Å²) in [5, 5.41) is 14.8. The number of rotatable bonds is 11. The number of fused-ring (bicyclic) bond motifs is 1. The molecule has 3 aromatic rings. The fraction of sp³-hybridized carbons (Fsp3) is 0.304. The number of benzene rings is 2. The van der Waals surface area contributed by atoms with Gasteiger partial charge >= 0.3 is 0 Å². The predicted molar refractivity (Wildman–Crippen MR) is 132 cm³/mol. The first kappa shape index (κ1) is 24.5. The number of aromatic nitrogens is 1. The molecule has 0 aliphatic heterocycles. The molecule has 0 saturated heterocycles. The van der Waals surface area contributed by atoms with Gasteiger partial charge in [-0.25, -0.2) is 4.98 Å². The zero-order chi connectivity index (χ0) is 23.8. The van der Waals surface area contributed by atoms with Gasteiger partial charge in [0.15, 0.2) is 4.34 Å². The minimum absolute atomic E-state index is 0.0829. The summed E-state index contributed by atoms with van der Waals surface area (Å²) in [6.45, 7) is 5.29. The standard InChI is InChI=1S/C23H26N4O4S2/c1-3-27(4-2)21(30)13-32-23-26-18-10-7-16(12-20(18)33-23)25-22(31)19(24-14-28)11-15-5-8-17(29)9-6-15/h5-10,12,14,19,29H,3-4,11,13H2,1-2H3,(H,24,28)(H,25,31). The molecule has 0 fully saturated rings. The molecule has 0 radical (unpaired) electrons. The molecule has 10 heteroatoms. The van der Waals surface area contributed by atoms with Gasteiger partial charge in [0, 0.05) is 25.2 Å². The Hall–Kier alpha value is -3.11. The van der Waals surface area contributed by atoms with Crippen LogP contribution < -0.4 is 10.6 Å². The van der Waals surface area contributed by atoms with E-state index in [4.69, 9.17) is 0 Å². The van der Waals surface area contributed by atoms with Crippen LogP contribution in [0.1, 0.15) is 19.4 Å². The smallest absolute Gasteiger partial charge is 0.247 e. The number of anilines is 1. The van der Waals surface area contributed by atoms with Crippen molar-refractivity contribution in [3.05, 3.63) is 48.0 Å². The number of phenols is 1. The number of carbonyl (C=O) groups excluding carboxylic acids is 3. The summed E-state index contributed by atoms with van der Waals surface area (Å²) in [5.41, 5.74) is 2.19. The van der Waals surface area contributed by atoms with Crippen LogP contribution in [0, 0.1) is 0 Å². The van der Waals surface area contributed by atoms with Crippen LogP contribution in [0.25, 0.3) is 10.2 Å². The van der Waals surface area contributed by atoms with Gasteiger partial charge in [0.25, 0.3) is 0 Å². The van der Waals surface area contributed by atoms with Crippen LogP contribution in [0.15, 0.2) is 46.8 Å². The minimum atomic E-state index is -0.763. The van der Waals surface area contributed by atoms with Crippen LogP contribution in [0.3, 0.4) is 0 Å². The highest BCUT2D eigenvalue weighted by Gasteiger charge is 2.19. The van der Waals surface area contributed by atoms with E-state index in [-0.39, 0.29) is 24.0 Å². The Balaban J connectivity index is 1.66. The van der Waals surface area contributed by atoms with E-state index >= 15 is 0 Å². The third kappa shape index (κ3) is 6.69. The summed E-state index contributed by atoms with van der Waals surface area (Å²) >= 11 is 2.87. The second kappa shape index (κ2) is 11.7. The third-order valence-electron chi connectivity index (χ3n) is 5.03. The Kier molecular flexibility index (Phi) is 8.67. The van der Waals surface area contributed by atoms with Gasteiger partial charge in [-0.05, 0) is 49.7 Å². The number of nitrogens with zero attached hydrogens (tertiary/aromatic N) is 2. The van der Waals surface area contributed by atoms with Gasteiger partial charge in [0.1, 0.15) is 11.8 Å². The van der Waals surface area contributed by atoms with Crippen LogP contribution >= 0.6 is 23.1 Å². The Morgan fingerprint density at radius 2 is 1.91 bits per heavy atom. The molecule has 0 aliphatic rings. The van der Waals surface area contributed by atoms with E-state index in [0.717, 1.165) is 20.1 Å². The van der Waals surface area contributed by atoms with Crippen molar-refractivity contribution in [2.75, 3.05) is 24.2 Å². The lowest BCUT2D eigenvalue weighted by atomic mass is 10.1. The molecule has 33 heavy (non-hydrogen) atoms. The van der Waals surface area contributed by atoms with Crippen molar-refractivity contribution in [2.45, 2.75) is 30.6 Å². The van der Waals surface area contributed by atoms with E-state index < -0.39 is 6.04 Å². The van der Waals surface area contributed by atoms with Crippen molar-refractivity contribution in [2.24, 2.45) is 0 Å². The predicted octanol–water partition coefficient (Wildman–Crippen LogP) is 3.26. The number of phenolic OH excluding ortho intramolecular Hbond substituents is 1. The molecule has 3 rings (SSSR count). The number of thioether (sulfide) groups is 1. The fourth-order valence-corrected chi connectivity index (χ4v) is 5.25. The Bertz CT molecular complexity index is 1110. The van der Waals surface area contributed by atoms with E-state index in [2.05, 4.69) is 15.6 Å². The number of hydrogen-bond donors (Lipinski definition) is 3. The molecule has 1 unspecified atom stereocenters. The number of aromatic hydroxyl groups is 1. The molecule has 2 aromatic carbocycles. The van der Waals surface area contributed by atoms with Crippen molar-refractivity contribution in [3.63, 3.8) is 0 Å². The summed E-state index contributed by atoms with van der Waals surface area (Å²) in [6.07, 6.45) is 0.787. The first-order chi connectivity index (χ1) is 15.9. The average molecular weight is 487 g/mol. The van der Waals surface area contributed by atoms with Crippen LogP contribution in [0.4, 0.5) is 5.69 Å². The van der Waals surface area contributed by atoms with Crippen molar-refractivity contribution < 1.29 is 19.5 Å². The molecule has 1 atom stereocenters. The summed E-state index contributed by atoms with van der Waals surface area (Å²) in [7, 11) is 0. The Morgan fingerprint density at radius 3 is 2.58 bits per heavy atom. The number of thiazole rings is 1. The van der Waals surface area contributed by atoms with Gasteiger partial charge in [-0.3, -0.25) is 14.4 Å². The Morgan fingerprint density at radius 1 is 1.18 bits per heavy atom. The van der Waals surface area contributed by atoms with Crippen molar-refractivity contribution in [1.82, 2.24) is 15.2 Å². The molecule has 3 N–H and O–H groups in total. The van der Waals surface area contributed by atoms with Crippen molar-refractivity contribution in [3.8, 4) is 5.75 Å². The highest BCUT2D eigenvalue weighted by Crippen LogP contribution is 2.31. The van der Waals surface area contributed by atoms with E-state index in [1.54, 1.807) is 23.1 Å². The maximum Gasteiger partial charge on any atom is 0.247 e. The van der Waals surface area contributed by atoms with Crippen LogP contribution in [0.2, 0.25) is 0 Å². The molecule has 1 aromatic heterocycles. The van der Waals surface area contributed by atoms with Gasteiger partial charge in [-0.1, -0.05) is 23.9 Å². The fourth-order valence-electron chi connectivity index (χ4n) is 3.24. The molecule has 3 amide bonds. The Labute approximate surface area is 200 Å². The monoisotopic (exact) mass is 486 g/mol. The van der Waals surface area contributed by atoms with E-state index in [9.17, 15) is 19.5 Å². The second-order valence-corrected chi connectivity index (χ2v) is 9.47. The quantitative estimate of drug-likeness (QED) is 0.283. The van der Waals surface area contributed by atoms with Crippen molar-refractivity contribution >= 4 is 57.2 Å². The van der Waals surface area contributed by atoms with Gasteiger partial charge < -0.3 is 20.6 Å². The number of carbonyl (C=O) groups is 3. The number of hydrogen-bond acceptors (Lipinski definition) is 7. The summed E-state index contributed by atoms with van der Waals surface area (Å²) in [6, 6.07) is 11.1. The third-order valence-corrected chi connectivity index (χ3v) is 7.18. The topological polar surface area (TPSA) is 112 Å². The maximum absolute atomic E-state index is 12.8. The average Bonchev–Trinajstić information content (AvgIpc) is 3.22. The van der Waals surface area contributed by atoms with Crippen LogP contribution in [-0.4, -0.2) is 58.1 Å². The normalized spacial score (nSPS) is 11.7. The lowest BCUT2D eigenvalue weighted by Crippen LogP contribution is -2.41. The zero-order valence-electron chi connectivity index (χ0n) is 18.4. The second-order valence-electron chi connectivity index (χ2n) is 7.21. The van der Waals surface area contributed by atoms with Gasteiger partial charge in [0.2, 0.25) is 18.2 Å². The minimum Gasteiger partial charge on any atom is -0.508 e.